The van der Waals surface area contributed by atoms with Crippen molar-refractivity contribution in [2.75, 3.05) is 13.2 Å². The summed E-state index contributed by atoms with van der Waals surface area (Å²) in [6.45, 7) is 7.96. The lowest BCUT2D eigenvalue weighted by molar-refractivity contribution is -0.137. The maximum absolute atomic E-state index is 11.9. The van der Waals surface area contributed by atoms with Crippen molar-refractivity contribution in [2.45, 2.75) is 71.1 Å². The van der Waals surface area contributed by atoms with Crippen LogP contribution in [-0.4, -0.2) is 37.4 Å². The van der Waals surface area contributed by atoms with Crippen LogP contribution in [0.25, 0.3) is 0 Å². The minimum Gasteiger partial charge on any atom is -0.378 e. The van der Waals surface area contributed by atoms with Crippen molar-refractivity contribution in [3.63, 3.8) is 0 Å². The van der Waals surface area contributed by atoms with Gasteiger partial charge < -0.3 is 14.8 Å². The number of carbonyl (C=O) groups excluding carboxylic acids is 1. The van der Waals surface area contributed by atoms with E-state index < -0.39 is 0 Å². The van der Waals surface area contributed by atoms with Crippen LogP contribution in [-0.2, 0) is 14.3 Å². The van der Waals surface area contributed by atoms with E-state index in [1.165, 1.54) is 0 Å². The molecule has 19 heavy (non-hydrogen) atoms. The number of hydrogen-bond acceptors (Lipinski definition) is 3. The lowest BCUT2D eigenvalue weighted by atomic mass is 9.64. The lowest BCUT2D eigenvalue weighted by Crippen LogP contribution is -2.62. The Bertz CT molecular complexity index is 311. The van der Waals surface area contributed by atoms with E-state index in [2.05, 4.69) is 19.2 Å². The Labute approximate surface area is 116 Å². The first-order valence-corrected chi connectivity index (χ1v) is 7.56. The number of ether oxygens (including phenoxy) is 2. The molecule has 1 aliphatic heterocycles. The SMILES string of the molecule is CCOC1CC(NC(=O)CCC2CCCO2)C1(C)C. The van der Waals surface area contributed by atoms with Gasteiger partial charge in [0.15, 0.2) is 0 Å². The van der Waals surface area contributed by atoms with Gasteiger partial charge in [0.25, 0.3) is 0 Å². The van der Waals surface area contributed by atoms with Crippen LogP contribution in [0.5, 0.6) is 0 Å². The minimum absolute atomic E-state index is 0.0511. The molecule has 3 atom stereocenters. The molecule has 0 radical (unpaired) electrons. The predicted molar refractivity (Wildman–Crippen MR) is 74.0 cm³/mol. The molecule has 110 valence electrons. The summed E-state index contributed by atoms with van der Waals surface area (Å²) in [4.78, 5) is 11.9. The molecule has 1 aliphatic carbocycles. The van der Waals surface area contributed by atoms with E-state index >= 15 is 0 Å². The molecule has 1 amide bonds. The highest BCUT2D eigenvalue weighted by Gasteiger charge is 2.49. The predicted octanol–water partition coefficient (Wildman–Crippen LogP) is 2.27. The van der Waals surface area contributed by atoms with Gasteiger partial charge in [-0.15, -0.1) is 0 Å². The molecule has 1 N–H and O–H groups in total. The largest absolute Gasteiger partial charge is 0.378 e. The van der Waals surface area contributed by atoms with E-state index in [4.69, 9.17) is 9.47 Å². The molecule has 0 bridgehead atoms. The fourth-order valence-electron chi connectivity index (χ4n) is 3.04. The Hall–Kier alpha value is -0.610. The third-order valence-electron chi connectivity index (χ3n) is 4.60. The van der Waals surface area contributed by atoms with Crippen LogP contribution < -0.4 is 5.32 Å². The first-order valence-electron chi connectivity index (χ1n) is 7.56. The van der Waals surface area contributed by atoms with Crippen molar-refractivity contribution in [1.29, 1.82) is 0 Å². The van der Waals surface area contributed by atoms with Crippen molar-refractivity contribution in [1.82, 2.24) is 5.32 Å². The zero-order valence-corrected chi connectivity index (χ0v) is 12.4. The molecule has 3 unspecified atom stereocenters. The Morgan fingerprint density at radius 2 is 2.26 bits per heavy atom. The third-order valence-corrected chi connectivity index (χ3v) is 4.60. The standard InChI is InChI=1S/C15H27NO3/c1-4-18-13-10-12(15(13,2)3)16-14(17)8-7-11-6-5-9-19-11/h11-13H,4-10H2,1-3H3,(H,16,17). The third kappa shape index (κ3) is 3.48. The number of amides is 1. The Balaban J connectivity index is 1.68. The summed E-state index contributed by atoms with van der Waals surface area (Å²) in [5.41, 5.74) is 0.0511. The zero-order valence-electron chi connectivity index (χ0n) is 12.4. The van der Waals surface area contributed by atoms with Crippen LogP contribution >= 0.6 is 0 Å². The van der Waals surface area contributed by atoms with E-state index in [1.807, 2.05) is 6.92 Å². The molecule has 4 heteroatoms. The van der Waals surface area contributed by atoms with Gasteiger partial charge in [-0.05, 0) is 32.6 Å². The van der Waals surface area contributed by atoms with Gasteiger partial charge in [-0.2, -0.15) is 0 Å². The Kier molecular flexibility index (Phi) is 4.85. The first kappa shape index (κ1) is 14.8. The molecule has 2 rings (SSSR count). The van der Waals surface area contributed by atoms with E-state index in [-0.39, 0.29) is 23.5 Å². The maximum Gasteiger partial charge on any atom is 0.220 e. The highest BCUT2D eigenvalue weighted by Crippen LogP contribution is 2.42. The molecule has 2 aliphatic rings. The molecule has 1 heterocycles. The number of hydrogen-bond donors (Lipinski definition) is 1. The summed E-state index contributed by atoms with van der Waals surface area (Å²) in [6, 6.07) is 0.251. The normalized spacial score (nSPS) is 32.9. The van der Waals surface area contributed by atoms with Gasteiger partial charge in [-0.3, -0.25) is 4.79 Å². The minimum atomic E-state index is 0.0511. The monoisotopic (exact) mass is 269 g/mol. The van der Waals surface area contributed by atoms with Gasteiger partial charge >= 0.3 is 0 Å². The molecule has 1 saturated heterocycles. The highest BCUT2D eigenvalue weighted by molar-refractivity contribution is 5.76. The molecule has 0 aromatic carbocycles. The van der Waals surface area contributed by atoms with Gasteiger partial charge in [0.05, 0.1) is 12.2 Å². The Morgan fingerprint density at radius 1 is 1.47 bits per heavy atom. The fraction of sp³-hybridized carbons (Fsp3) is 0.933. The van der Waals surface area contributed by atoms with Gasteiger partial charge in [0, 0.05) is 31.1 Å². The molecule has 0 aromatic rings. The summed E-state index contributed by atoms with van der Waals surface area (Å²) < 4.78 is 11.2. The lowest BCUT2D eigenvalue weighted by Gasteiger charge is -2.51. The second-order valence-corrected chi connectivity index (χ2v) is 6.29. The van der Waals surface area contributed by atoms with E-state index in [1.54, 1.807) is 0 Å². The zero-order chi connectivity index (χ0) is 13.9. The second kappa shape index (κ2) is 6.23. The van der Waals surface area contributed by atoms with E-state index in [0.717, 1.165) is 38.9 Å². The van der Waals surface area contributed by atoms with E-state index in [0.29, 0.717) is 12.5 Å². The molecular weight excluding hydrogens is 242 g/mol. The van der Waals surface area contributed by atoms with Crippen LogP contribution in [0.4, 0.5) is 0 Å². The molecule has 0 aromatic heterocycles. The quantitative estimate of drug-likeness (QED) is 0.804. The fourth-order valence-corrected chi connectivity index (χ4v) is 3.04. The van der Waals surface area contributed by atoms with Crippen LogP contribution in [0.15, 0.2) is 0 Å². The second-order valence-electron chi connectivity index (χ2n) is 6.29. The molecule has 0 spiro atoms. The topological polar surface area (TPSA) is 47.6 Å². The smallest absolute Gasteiger partial charge is 0.220 e. The van der Waals surface area contributed by atoms with Gasteiger partial charge in [-0.1, -0.05) is 13.8 Å². The molecule has 2 fully saturated rings. The number of rotatable bonds is 6. The molecular formula is C15H27NO3. The van der Waals surface area contributed by atoms with Crippen LogP contribution in [0.2, 0.25) is 0 Å². The first-order chi connectivity index (χ1) is 9.04. The van der Waals surface area contributed by atoms with Crippen molar-refractivity contribution in [3.05, 3.63) is 0 Å². The van der Waals surface area contributed by atoms with E-state index in [9.17, 15) is 4.79 Å². The van der Waals surface area contributed by atoms with Crippen LogP contribution in [0, 0.1) is 5.41 Å². The maximum atomic E-state index is 11.9. The average Bonchev–Trinajstić information content (AvgIpc) is 2.88. The van der Waals surface area contributed by atoms with Crippen molar-refractivity contribution in [2.24, 2.45) is 5.41 Å². The van der Waals surface area contributed by atoms with Crippen molar-refractivity contribution >= 4 is 5.91 Å². The summed E-state index contributed by atoms with van der Waals surface area (Å²) in [7, 11) is 0. The van der Waals surface area contributed by atoms with Crippen LogP contribution in [0.1, 0.15) is 52.9 Å². The number of nitrogens with one attached hydrogen (secondary N) is 1. The molecule has 1 saturated carbocycles. The molecule has 4 nitrogen and oxygen atoms in total. The summed E-state index contributed by atoms with van der Waals surface area (Å²) in [5, 5.41) is 3.14. The summed E-state index contributed by atoms with van der Waals surface area (Å²) in [6.07, 6.45) is 5.20. The van der Waals surface area contributed by atoms with Crippen molar-refractivity contribution < 1.29 is 14.3 Å². The van der Waals surface area contributed by atoms with Crippen molar-refractivity contribution in [3.8, 4) is 0 Å². The van der Waals surface area contributed by atoms with Gasteiger partial charge in [0.1, 0.15) is 0 Å². The van der Waals surface area contributed by atoms with Gasteiger partial charge in [-0.25, -0.2) is 0 Å². The van der Waals surface area contributed by atoms with Gasteiger partial charge in [0.2, 0.25) is 5.91 Å². The summed E-state index contributed by atoms with van der Waals surface area (Å²) >= 11 is 0. The highest BCUT2D eigenvalue weighted by atomic mass is 16.5. The number of carbonyl (C=O) groups is 1. The van der Waals surface area contributed by atoms with Crippen LogP contribution in [0.3, 0.4) is 0 Å². The average molecular weight is 269 g/mol. The Morgan fingerprint density at radius 3 is 2.84 bits per heavy atom. The summed E-state index contributed by atoms with van der Waals surface area (Å²) in [5.74, 6) is 0.156.